The fourth-order valence-electron chi connectivity index (χ4n) is 3.54. The van der Waals surface area contributed by atoms with Gasteiger partial charge in [-0.3, -0.25) is 9.89 Å². The van der Waals surface area contributed by atoms with E-state index in [1.54, 1.807) is 4.90 Å². The Morgan fingerprint density at radius 1 is 1.19 bits per heavy atom. The number of nitrogens with one attached hydrogen (secondary N) is 2. The Bertz CT molecular complexity index is 673. The van der Waals surface area contributed by atoms with Gasteiger partial charge in [-0.1, -0.05) is 6.42 Å². The number of carbonyl (C=O) groups is 2. The Hall–Kier alpha value is -2.09. The highest BCUT2D eigenvalue weighted by atomic mass is 16.6. The van der Waals surface area contributed by atoms with Crippen LogP contribution >= 0.6 is 0 Å². The molecule has 2 N–H and O–H groups in total. The summed E-state index contributed by atoms with van der Waals surface area (Å²) < 4.78 is 5.43. The van der Waals surface area contributed by atoms with Gasteiger partial charge in [0.25, 0.3) is 0 Å². The van der Waals surface area contributed by atoms with Crippen molar-refractivity contribution in [3.05, 3.63) is 11.3 Å². The lowest BCUT2D eigenvalue weighted by atomic mass is 10.1. The maximum atomic E-state index is 12.3. The molecule has 150 valence electrons. The van der Waals surface area contributed by atoms with E-state index < -0.39 is 5.60 Å². The molecular weight excluding hydrogens is 346 g/mol. The number of fused-ring (bicyclic) bond motifs is 1. The van der Waals surface area contributed by atoms with Gasteiger partial charge in [0.05, 0.1) is 12.2 Å². The minimum atomic E-state index is -0.515. The first kappa shape index (κ1) is 19.7. The highest BCUT2D eigenvalue weighted by molar-refractivity contribution is 5.90. The van der Waals surface area contributed by atoms with E-state index in [2.05, 4.69) is 20.4 Å². The molecule has 1 saturated heterocycles. The second kappa shape index (κ2) is 8.29. The van der Waals surface area contributed by atoms with E-state index in [0.29, 0.717) is 31.7 Å². The summed E-state index contributed by atoms with van der Waals surface area (Å²) in [6, 6.07) is 0. The number of aromatic nitrogens is 2. The first-order chi connectivity index (χ1) is 12.8. The number of piperidine rings is 1. The van der Waals surface area contributed by atoms with E-state index in [1.165, 1.54) is 19.3 Å². The predicted molar refractivity (Wildman–Crippen MR) is 102 cm³/mol. The summed E-state index contributed by atoms with van der Waals surface area (Å²) in [5.74, 6) is 0.585. The first-order valence-corrected chi connectivity index (χ1v) is 9.88. The lowest BCUT2D eigenvalue weighted by molar-refractivity contribution is -0.116. The molecule has 1 aromatic heterocycles. The van der Waals surface area contributed by atoms with Crippen molar-refractivity contribution < 1.29 is 14.3 Å². The average Bonchev–Trinajstić information content (AvgIpc) is 3.01. The second-order valence-corrected chi connectivity index (χ2v) is 8.38. The van der Waals surface area contributed by atoms with Crippen LogP contribution < -0.4 is 5.32 Å². The van der Waals surface area contributed by atoms with E-state index in [9.17, 15) is 9.59 Å². The number of amides is 2. The standard InChI is InChI=1S/C19H31N5O3/c1-19(2,3)27-18(26)24-12-7-14-15(13-24)21-22-17(14)20-16(25)8-11-23-9-5-4-6-10-23/h4-13H2,1-3H3,(H2,20,21,22,25). The Morgan fingerprint density at radius 2 is 1.93 bits per heavy atom. The molecule has 3 heterocycles. The first-order valence-electron chi connectivity index (χ1n) is 9.88. The van der Waals surface area contributed by atoms with E-state index in [0.717, 1.165) is 30.9 Å². The molecule has 1 aromatic rings. The fraction of sp³-hybridized carbons (Fsp3) is 0.737. The number of likely N-dealkylation sites (tertiary alicyclic amines) is 1. The Labute approximate surface area is 160 Å². The van der Waals surface area contributed by atoms with Crippen LogP contribution in [-0.2, 0) is 22.5 Å². The van der Waals surface area contributed by atoms with Crippen LogP contribution in [0.25, 0.3) is 0 Å². The molecule has 27 heavy (non-hydrogen) atoms. The number of aromatic amines is 1. The highest BCUT2D eigenvalue weighted by Crippen LogP contribution is 2.25. The van der Waals surface area contributed by atoms with E-state index in [4.69, 9.17) is 4.74 Å². The highest BCUT2D eigenvalue weighted by Gasteiger charge is 2.28. The monoisotopic (exact) mass is 377 g/mol. The Morgan fingerprint density at radius 3 is 2.63 bits per heavy atom. The van der Waals surface area contributed by atoms with Crippen LogP contribution in [0.5, 0.6) is 0 Å². The number of ether oxygens (including phenoxy) is 1. The second-order valence-electron chi connectivity index (χ2n) is 8.38. The molecule has 0 aromatic carbocycles. The van der Waals surface area contributed by atoms with Crippen LogP contribution in [0.1, 0.15) is 57.7 Å². The van der Waals surface area contributed by atoms with Gasteiger partial charge in [-0.2, -0.15) is 5.10 Å². The van der Waals surface area contributed by atoms with Gasteiger partial charge in [-0.25, -0.2) is 4.79 Å². The number of hydrogen-bond acceptors (Lipinski definition) is 5. The lowest BCUT2D eigenvalue weighted by Crippen LogP contribution is -2.40. The Kier molecular flexibility index (Phi) is 6.04. The maximum Gasteiger partial charge on any atom is 0.410 e. The van der Waals surface area contributed by atoms with Crippen LogP contribution in [0, 0.1) is 0 Å². The summed E-state index contributed by atoms with van der Waals surface area (Å²) in [6.45, 7) is 9.51. The summed E-state index contributed by atoms with van der Waals surface area (Å²) in [7, 11) is 0. The van der Waals surface area contributed by atoms with E-state index in [-0.39, 0.29) is 12.0 Å². The van der Waals surface area contributed by atoms with Crippen molar-refractivity contribution in [2.75, 3.05) is 31.5 Å². The van der Waals surface area contributed by atoms with Crippen molar-refractivity contribution in [3.63, 3.8) is 0 Å². The molecule has 2 aliphatic rings. The van der Waals surface area contributed by atoms with Gasteiger partial charge in [0, 0.05) is 25.1 Å². The van der Waals surface area contributed by atoms with E-state index in [1.807, 2.05) is 20.8 Å². The lowest BCUT2D eigenvalue weighted by Gasteiger charge is -2.29. The van der Waals surface area contributed by atoms with Gasteiger partial charge in [-0.05, 0) is 53.1 Å². The van der Waals surface area contributed by atoms with Gasteiger partial charge in [0.1, 0.15) is 5.60 Å². The number of nitrogens with zero attached hydrogens (tertiary/aromatic N) is 3. The van der Waals surface area contributed by atoms with Crippen LogP contribution in [0.4, 0.5) is 10.6 Å². The van der Waals surface area contributed by atoms with Crippen molar-refractivity contribution in [1.82, 2.24) is 20.0 Å². The smallest absolute Gasteiger partial charge is 0.410 e. The molecular formula is C19H31N5O3. The zero-order valence-corrected chi connectivity index (χ0v) is 16.6. The number of H-pyrrole nitrogens is 1. The summed E-state index contributed by atoms with van der Waals surface area (Å²) in [6.07, 6.45) is 4.54. The predicted octanol–water partition coefficient (Wildman–Crippen LogP) is 2.52. The molecule has 0 radical (unpaired) electrons. The maximum absolute atomic E-state index is 12.3. The average molecular weight is 377 g/mol. The van der Waals surface area contributed by atoms with Crippen molar-refractivity contribution in [2.24, 2.45) is 0 Å². The summed E-state index contributed by atoms with van der Waals surface area (Å²) in [4.78, 5) is 28.5. The van der Waals surface area contributed by atoms with Gasteiger partial charge >= 0.3 is 6.09 Å². The third kappa shape index (κ3) is 5.45. The van der Waals surface area contributed by atoms with E-state index >= 15 is 0 Å². The molecule has 2 aliphatic heterocycles. The van der Waals surface area contributed by atoms with Crippen LogP contribution in [0.2, 0.25) is 0 Å². The topological polar surface area (TPSA) is 90.6 Å². The minimum absolute atomic E-state index is 0.00977. The molecule has 8 heteroatoms. The minimum Gasteiger partial charge on any atom is -0.444 e. The third-order valence-electron chi connectivity index (χ3n) is 4.95. The van der Waals surface area contributed by atoms with Gasteiger partial charge in [0.2, 0.25) is 5.91 Å². The van der Waals surface area contributed by atoms with Crippen LogP contribution in [0.3, 0.4) is 0 Å². The summed E-state index contributed by atoms with van der Waals surface area (Å²) in [5.41, 5.74) is 1.33. The van der Waals surface area contributed by atoms with Gasteiger partial charge < -0.3 is 19.9 Å². The molecule has 0 unspecified atom stereocenters. The third-order valence-corrected chi connectivity index (χ3v) is 4.95. The quantitative estimate of drug-likeness (QED) is 0.841. The van der Waals surface area contributed by atoms with Crippen LogP contribution in [0.15, 0.2) is 0 Å². The number of carbonyl (C=O) groups excluding carboxylic acids is 2. The fourth-order valence-corrected chi connectivity index (χ4v) is 3.54. The van der Waals surface area contributed by atoms with Gasteiger partial charge in [0.15, 0.2) is 5.82 Å². The SMILES string of the molecule is CC(C)(C)OC(=O)N1CCc2c(NC(=O)CCN3CCCCC3)n[nH]c2C1. The molecule has 8 nitrogen and oxygen atoms in total. The summed E-state index contributed by atoms with van der Waals surface area (Å²) >= 11 is 0. The Balaban J connectivity index is 1.51. The molecule has 3 rings (SSSR count). The molecule has 0 spiro atoms. The van der Waals surface area contributed by atoms with Crippen molar-refractivity contribution in [3.8, 4) is 0 Å². The number of anilines is 1. The largest absolute Gasteiger partial charge is 0.444 e. The van der Waals surface area contributed by atoms with Crippen molar-refractivity contribution in [1.29, 1.82) is 0 Å². The molecule has 0 aliphatic carbocycles. The molecule has 2 amide bonds. The van der Waals surface area contributed by atoms with Crippen molar-refractivity contribution in [2.45, 2.75) is 65.0 Å². The molecule has 1 fully saturated rings. The number of rotatable bonds is 4. The molecule has 0 atom stereocenters. The number of hydrogen-bond donors (Lipinski definition) is 2. The zero-order valence-electron chi connectivity index (χ0n) is 16.6. The van der Waals surface area contributed by atoms with Gasteiger partial charge in [-0.15, -0.1) is 0 Å². The normalized spacial score (nSPS) is 18.1. The molecule has 0 bridgehead atoms. The van der Waals surface area contributed by atoms with Crippen LogP contribution in [-0.4, -0.2) is 63.8 Å². The van der Waals surface area contributed by atoms with Crippen molar-refractivity contribution >= 4 is 17.8 Å². The molecule has 0 saturated carbocycles. The summed E-state index contributed by atoms with van der Waals surface area (Å²) in [5, 5.41) is 10.1. The zero-order chi connectivity index (χ0) is 19.4.